The van der Waals surface area contributed by atoms with Gasteiger partial charge in [-0.15, -0.1) is 0 Å². The molecule has 5 rings (SSSR count). The zero-order valence-electron chi connectivity index (χ0n) is 16.0. The summed E-state index contributed by atoms with van der Waals surface area (Å²) < 4.78 is 0. The molecular weight excluding hydrogens is 350 g/mol. The van der Waals surface area contributed by atoms with Crippen LogP contribution in [0.5, 0.6) is 0 Å². The van der Waals surface area contributed by atoms with Crippen LogP contribution in [-0.2, 0) is 0 Å². The summed E-state index contributed by atoms with van der Waals surface area (Å²) in [5.74, 6) is 0. The first-order valence-corrected chi connectivity index (χ1v) is 9.87. The van der Waals surface area contributed by atoms with Crippen LogP contribution in [0.2, 0.25) is 0 Å². The van der Waals surface area contributed by atoms with Crippen LogP contribution in [0.15, 0.2) is 121 Å². The van der Waals surface area contributed by atoms with Crippen LogP contribution in [0.25, 0.3) is 33.0 Å². The van der Waals surface area contributed by atoms with Crippen molar-refractivity contribution in [2.24, 2.45) is 0 Å². The fourth-order valence-corrected chi connectivity index (χ4v) is 3.73. The van der Waals surface area contributed by atoms with Gasteiger partial charge >= 0.3 is 0 Å². The molecule has 0 atom stereocenters. The van der Waals surface area contributed by atoms with Gasteiger partial charge in [0.05, 0.1) is 0 Å². The van der Waals surface area contributed by atoms with Gasteiger partial charge in [-0.25, -0.2) is 0 Å². The largest absolute Gasteiger partial charge is 0.355 e. The first kappa shape index (κ1) is 17.3. The summed E-state index contributed by atoms with van der Waals surface area (Å²) in [7, 11) is 0. The molecular formula is C28H21N. The van der Waals surface area contributed by atoms with E-state index in [1.807, 2.05) is 6.07 Å². The van der Waals surface area contributed by atoms with E-state index in [2.05, 4.69) is 121 Å². The minimum Gasteiger partial charge on any atom is -0.355 e. The smallest absolute Gasteiger partial charge is 0.0463 e. The van der Waals surface area contributed by atoms with Crippen LogP contribution in [0.4, 0.5) is 11.4 Å². The van der Waals surface area contributed by atoms with Gasteiger partial charge in [-0.05, 0) is 51.7 Å². The highest BCUT2D eigenvalue weighted by Gasteiger charge is 2.06. The molecule has 0 aliphatic heterocycles. The maximum atomic E-state index is 3.60. The number of benzene rings is 5. The lowest BCUT2D eigenvalue weighted by atomic mass is 9.99. The van der Waals surface area contributed by atoms with Crippen molar-refractivity contribution in [1.82, 2.24) is 0 Å². The van der Waals surface area contributed by atoms with Gasteiger partial charge in [-0.1, -0.05) is 97.1 Å². The minimum absolute atomic E-state index is 1.08. The molecule has 0 heterocycles. The topological polar surface area (TPSA) is 12.0 Å². The van der Waals surface area contributed by atoms with Gasteiger partial charge < -0.3 is 5.32 Å². The summed E-state index contributed by atoms with van der Waals surface area (Å²) >= 11 is 0. The third-order valence-corrected chi connectivity index (χ3v) is 5.26. The van der Waals surface area contributed by atoms with E-state index in [0.717, 1.165) is 11.4 Å². The van der Waals surface area contributed by atoms with Crippen molar-refractivity contribution in [3.8, 4) is 22.3 Å². The van der Waals surface area contributed by atoms with E-state index >= 15 is 0 Å². The van der Waals surface area contributed by atoms with Gasteiger partial charge in [0.2, 0.25) is 0 Å². The Bertz CT molecular complexity index is 1250. The maximum Gasteiger partial charge on any atom is 0.0463 e. The summed E-state index contributed by atoms with van der Waals surface area (Å²) in [4.78, 5) is 0. The number of hydrogen-bond acceptors (Lipinski definition) is 1. The molecule has 0 unspecified atom stereocenters. The molecule has 138 valence electrons. The monoisotopic (exact) mass is 371 g/mol. The summed E-state index contributed by atoms with van der Waals surface area (Å²) in [6.07, 6.45) is 0. The molecule has 1 nitrogen and oxygen atoms in total. The van der Waals surface area contributed by atoms with Gasteiger partial charge in [0.15, 0.2) is 0 Å². The van der Waals surface area contributed by atoms with Crippen LogP contribution in [0, 0.1) is 0 Å². The van der Waals surface area contributed by atoms with Crippen LogP contribution >= 0.6 is 0 Å². The summed E-state index contributed by atoms with van der Waals surface area (Å²) in [5, 5.41) is 6.12. The first-order valence-electron chi connectivity index (χ1n) is 9.87. The van der Waals surface area contributed by atoms with Crippen molar-refractivity contribution in [1.29, 1.82) is 0 Å². The fraction of sp³-hybridized carbons (Fsp3) is 0. The number of nitrogens with one attached hydrogen (secondary N) is 1. The lowest BCUT2D eigenvalue weighted by Gasteiger charge is -2.13. The van der Waals surface area contributed by atoms with Crippen molar-refractivity contribution in [2.45, 2.75) is 0 Å². The van der Waals surface area contributed by atoms with Crippen molar-refractivity contribution in [3.63, 3.8) is 0 Å². The average molecular weight is 371 g/mol. The van der Waals surface area contributed by atoms with Gasteiger partial charge in [-0.2, -0.15) is 0 Å². The molecule has 0 saturated carbocycles. The van der Waals surface area contributed by atoms with E-state index in [1.54, 1.807) is 0 Å². The molecule has 0 radical (unpaired) electrons. The molecule has 5 aromatic carbocycles. The third-order valence-electron chi connectivity index (χ3n) is 5.26. The highest BCUT2D eigenvalue weighted by molar-refractivity contribution is 5.90. The molecule has 0 fully saturated rings. The van der Waals surface area contributed by atoms with Crippen LogP contribution in [0.3, 0.4) is 0 Å². The Balaban J connectivity index is 1.46. The van der Waals surface area contributed by atoms with Crippen molar-refractivity contribution >= 4 is 22.1 Å². The Kier molecular flexibility index (Phi) is 4.56. The molecule has 0 saturated heterocycles. The van der Waals surface area contributed by atoms with E-state index in [1.165, 1.54) is 33.0 Å². The Hall–Kier alpha value is -3.84. The lowest BCUT2D eigenvalue weighted by molar-refractivity contribution is 1.53. The third kappa shape index (κ3) is 3.63. The van der Waals surface area contributed by atoms with E-state index < -0.39 is 0 Å². The van der Waals surface area contributed by atoms with E-state index in [-0.39, 0.29) is 0 Å². The molecule has 1 heteroatoms. The van der Waals surface area contributed by atoms with Gasteiger partial charge in [0.1, 0.15) is 0 Å². The van der Waals surface area contributed by atoms with E-state index in [0.29, 0.717) is 0 Å². The second-order valence-electron chi connectivity index (χ2n) is 7.18. The fourth-order valence-electron chi connectivity index (χ4n) is 3.73. The highest BCUT2D eigenvalue weighted by Crippen LogP contribution is 2.32. The molecule has 1 N–H and O–H groups in total. The van der Waals surface area contributed by atoms with Crippen molar-refractivity contribution < 1.29 is 0 Å². The van der Waals surface area contributed by atoms with Gasteiger partial charge in [-0.3, -0.25) is 0 Å². The lowest BCUT2D eigenvalue weighted by Crippen LogP contribution is -1.93. The molecule has 0 aromatic heterocycles. The number of fused-ring (bicyclic) bond motifs is 1. The average Bonchev–Trinajstić information content (AvgIpc) is 2.80. The predicted octanol–water partition coefficient (Wildman–Crippen LogP) is 7.92. The number of para-hydroxylation sites is 1. The van der Waals surface area contributed by atoms with Gasteiger partial charge in [0.25, 0.3) is 0 Å². The van der Waals surface area contributed by atoms with E-state index in [4.69, 9.17) is 0 Å². The Morgan fingerprint density at radius 1 is 0.414 bits per heavy atom. The molecule has 29 heavy (non-hydrogen) atoms. The Morgan fingerprint density at radius 2 is 1.03 bits per heavy atom. The second kappa shape index (κ2) is 7.65. The summed E-state index contributed by atoms with van der Waals surface area (Å²) in [6.45, 7) is 0. The summed E-state index contributed by atoms with van der Waals surface area (Å²) in [5.41, 5.74) is 7.06. The number of anilines is 2. The Morgan fingerprint density at radius 3 is 1.86 bits per heavy atom. The van der Waals surface area contributed by atoms with E-state index in [9.17, 15) is 0 Å². The molecule has 0 bridgehead atoms. The SMILES string of the molecule is c1ccc(-c2ccc(Nc3ccccc3-c3ccc4ccccc4c3)cc2)cc1. The molecule has 5 aromatic rings. The Labute approximate surface area is 171 Å². The molecule has 0 aliphatic rings. The predicted molar refractivity (Wildman–Crippen MR) is 125 cm³/mol. The maximum absolute atomic E-state index is 3.60. The first-order chi connectivity index (χ1) is 14.4. The number of hydrogen-bond donors (Lipinski definition) is 1. The molecule has 0 spiro atoms. The van der Waals surface area contributed by atoms with Gasteiger partial charge in [0, 0.05) is 16.9 Å². The molecule has 0 amide bonds. The quantitative estimate of drug-likeness (QED) is 0.338. The standard InChI is InChI=1S/C28H21N/c1-2-8-21(9-3-1)23-16-18-26(19-17-23)29-28-13-7-6-12-27(28)25-15-14-22-10-4-5-11-24(22)20-25/h1-20,29H. The van der Waals surface area contributed by atoms with Crippen molar-refractivity contribution in [3.05, 3.63) is 121 Å². The van der Waals surface area contributed by atoms with Crippen LogP contribution in [0.1, 0.15) is 0 Å². The molecule has 0 aliphatic carbocycles. The number of rotatable bonds is 4. The summed E-state index contributed by atoms with van der Waals surface area (Å²) in [6, 6.07) is 42.7. The highest BCUT2D eigenvalue weighted by atomic mass is 14.9. The second-order valence-corrected chi connectivity index (χ2v) is 7.18. The zero-order valence-corrected chi connectivity index (χ0v) is 16.0. The van der Waals surface area contributed by atoms with Crippen molar-refractivity contribution in [2.75, 3.05) is 5.32 Å². The van der Waals surface area contributed by atoms with Crippen LogP contribution < -0.4 is 5.32 Å². The van der Waals surface area contributed by atoms with Crippen LogP contribution in [-0.4, -0.2) is 0 Å². The normalized spacial score (nSPS) is 10.8. The minimum atomic E-state index is 1.08. The zero-order chi connectivity index (χ0) is 19.5.